The molecule has 1 atom stereocenters. The Morgan fingerprint density at radius 3 is 1.88 bits per heavy atom. The molecule has 0 amide bonds. The topological polar surface area (TPSA) is 20.2 Å². The van der Waals surface area contributed by atoms with Gasteiger partial charge >= 0.3 is 0 Å². The van der Waals surface area contributed by atoms with Gasteiger partial charge in [0.1, 0.15) is 11.9 Å². The van der Waals surface area contributed by atoms with Gasteiger partial charge in [0, 0.05) is 0 Å². The summed E-state index contributed by atoms with van der Waals surface area (Å²) in [5.41, 5.74) is 0.542. The summed E-state index contributed by atoms with van der Waals surface area (Å²) in [6.07, 6.45) is -0.944. The van der Waals surface area contributed by atoms with E-state index in [4.69, 9.17) is 5.11 Å². The summed E-state index contributed by atoms with van der Waals surface area (Å²) in [5, 5.41) is 8.56. The van der Waals surface area contributed by atoms with E-state index in [1.54, 1.807) is 13.8 Å². The normalized spacial score (nSPS) is 13.1. The number of aliphatic hydroxyl groups is 1. The molecule has 0 aliphatic rings. The molecule has 2 heteroatoms. The highest BCUT2D eigenvalue weighted by atomic mass is 19.1. The average Bonchev–Trinajstić information content (AvgIpc) is 1.64. The Bertz CT molecular complexity index is 101. The lowest BCUT2D eigenvalue weighted by Gasteiger charge is -2.00. The van der Waals surface area contributed by atoms with E-state index in [1.165, 1.54) is 6.92 Å². The van der Waals surface area contributed by atoms with Gasteiger partial charge in [-0.3, -0.25) is 0 Å². The molecular formula is C6H11FO. The molecule has 48 valence electrons. The number of hydrogen-bond acceptors (Lipinski definition) is 1. The van der Waals surface area contributed by atoms with E-state index in [9.17, 15) is 4.39 Å². The molecule has 0 saturated carbocycles. The minimum absolute atomic E-state index is 0.426. The Labute approximate surface area is 48.8 Å². The van der Waals surface area contributed by atoms with Gasteiger partial charge in [0.05, 0.1) is 0 Å². The van der Waals surface area contributed by atoms with E-state index in [1.807, 2.05) is 0 Å². The molecule has 0 aliphatic carbocycles. The van der Waals surface area contributed by atoms with Crippen LogP contribution in [0.3, 0.4) is 0 Å². The summed E-state index contributed by atoms with van der Waals surface area (Å²) in [5.74, 6) is -0.426. The zero-order valence-corrected chi connectivity index (χ0v) is 5.40. The zero-order valence-electron chi connectivity index (χ0n) is 5.40. The third-order valence-corrected chi connectivity index (χ3v) is 0.844. The minimum Gasteiger partial charge on any atom is -0.386 e. The first kappa shape index (κ1) is 7.63. The van der Waals surface area contributed by atoms with Crippen LogP contribution in [-0.2, 0) is 0 Å². The molecule has 8 heavy (non-hydrogen) atoms. The van der Waals surface area contributed by atoms with Gasteiger partial charge in [0.2, 0.25) is 0 Å². The van der Waals surface area contributed by atoms with Crippen LogP contribution in [0.5, 0.6) is 0 Å². The van der Waals surface area contributed by atoms with Crippen molar-refractivity contribution in [3.8, 4) is 0 Å². The minimum atomic E-state index is -0.944. The smallest absolute Gasteiger partial charge is 0.127 e. The van der Waals surface area contributed by atoms with Gasteiger partial charge in [-0.2, -0.15) is 0 Å². The summed E-state index contributed by atoms with van der Waals surface area (Å²) >= 11 is 0. The van der Waals surface area contributed by atoms with Crippen LogP contribution in [0.25, 0.3) is 0 Å². The maximum absolute atomic E-state index is 12.3. The Balaban J connectivity index is 4.00. The molecule has 1 N–H and O–H groups in total. The van der Waals surface area contributed by atoms with Crippen molar-refractivity contribution in [3.05, 3.63) is 11.4 Å². The quantitative estimate of drug-likeness (QED) is 0.554. The van der Waals surface area contributed by atoms with E-state index in [-0.39, 0.29) is 0 Å². The van der Waals surface area contributed by atoms with E-state index < -0.39 is 11.9 Å². The fourth-order valence-corrected chi connectivity index (χ4v) is 0.418. The van der Waals surface area contributed by atoms with Crippen molar-refractivity contribution in [2.45, 2.75) is 26.9 Å². The predicted octanol–water partition coefficient (Wildman–Crippen LogP) is 1.63. The van der Waals surface area contributed by atoms with E-state index in [2.05, 4.69) is 0 Å². The summed E-state index contributed by atoms with van der Waals surface area (Å²) < 4.78 is 12.3. The fourth-order valence-electron chi connectivity index (χ4n) is 0.418. The number of halogens is 1. The van der Waals surface area contributed by atoms with Crippen LogP contribution in [0.2, 0.25) is 0 Å². The van der Waals surface area contributed by atoms with Crippen molar-refractivity contribution < 1.29 is 9.50 Å². The SMILES string of the molecule is CC(C)=C(F)[C@@H](C)O. The molecule has 0 rings (SSSR count). The highest BCUT2D eigenvalue weighted by Gasteiger charge is 2.02. The van der Waals surface area contributed by atoms with Gasteiger partial charge < -0.3 is 5.11 Å². The number of rotatable bonds is 1. The largest absolute Gasteiger partial charge is 0.386 e. The Kier molecular flexibility index (Phi) is 2.69. The lowest BCUT2D eigenvalue weighted by Crippen LogP contribution is -2.00. The number of aliphatic hydroxyl groups excluding tert-OH is 1. The lowest BCUT2D eigenvalue weighted by atomic mass is 10.2. The highest BCUT2D eigenvalue weighted by molar-refractivity contribution is 5.04. The van der Waals surface area contributed by atoms with Gasteiger partial charge in [0.15, 0.2) is 0 Å². The summed E-state index contributed by atoms with van der Waals surface area (Å²) in [7, 11) is 0. The molecule has 0 unspecified atom stereocenters. The van der Waals surface area contributed by atoms with Crippen LogP contribution in [0.15, 0.2) is 11.4 Å². The fraction of sp³-hybridized carbons (Fsp3) is 0.667. The maximum Gasteiger partial charge on any atom is 0.127 e. The Morgan fingerprint density at radius 1 is 1.50 bits per heavy atom. The van der Waals surface area contributed by atoms with Gasteiger partial charge in [-0.05, 0) is 26.3 Å². The van der Waals surface area contributed by atoms with Crippen molar-refractivity contribution in [2.24, 2.45) is 0 Å². The molecule has 0 aromatic heterocycles. The van der Waals surface area contributed by atoms with Gasteiger partial charge in [0.25, 0.3) is 0 Å². The first-order valence-electron chi connectivity index (χ1n) is 2.56. The third-order valence-electron chi connectivity index (χ3n) is 0.844. The zero-order chi connectivity index (χ0) is 6.73. The van der Waals surface area contributed by atoms with E-state index >= 15 is 0 Å². The van der Waals surface area contributed by atoms with Crippen LogP contribution >= 0.6 is 0 Å². The molecule has 0 heterocycles. The molecule has 0 saturated heterocycles. The molecule has 0 aromatic carbocycles. The Morgan fingerprint density at radius 2 is 1.88 bits per heavy atom. The van der Waals surface area contributed by atoms with Crippen molar-refractivity contribution in [1.82, 2.24) is 0 Å². The standard InChI is InChI=1S/C6H11FO/c1-4(2)6(7)5(3)8/h5,8H,1-3H3/t5-/m1/s1. The molecule has 0 aromatic rings. The average molecular weight is 118 g/mol. The van der Waals surface area contributed by atoms with E-state index in [0.29, 0.717) is 5.57 Å². The molecule has 0 bridgehead atoms. The summed E-state index contributed by atoms with van der Waals surface area (Å²) in [6, 6.07) is 0. The third kappa shape index (κ3) is 2.07. The second-order valence-electron chi connectivity index (χ2n) is 2.02. The summed E-state index contributed by atoms with van der Waals surface area (Å²) in [4.78, 5) is 0. The molecule has 1 nitrogen and oxygen atoms in total. The second kappa shape index (κ2) is 2.82. The lowest BCUT2D eigenvalue weighted by molar-refractivity contribution is 0.200. The van der Waals surface area contributed by atoms with Crippen LogP contribution < -0.4 is 0 Å². The van der Waals surface area contributed by atoms with Crippen molar-refractivity contribution >= 4 is 0 Å². The first-order chi connectivity index (χ1) is 3.55. The predicted molar refractivity (Wildman–Crippen MR) is 31.2 cm³/mol. The maximum atomic E-state index is 12.3. The monoisotopic (exact) mass is 118 g/mol. The van der Waals surface area contributed by atoms with Crippen LogP contribution in [0.1, 0.15) is 20.8 Å². The van der Waals surface area contributed by atoms with E-state index in [0.717, 1.165) is 0 Å². The molecular weight excluding hydrogens is 107 g/mol. The van der Waals surface area contributed by atoms with Crippen LogP contribution in [-0.4, -0.2) is 11.2 Å². The van der Waals surface area contributed by atoms with Gasteiger partial charge in [-0.15, -0.1) is 0 Å². The molecule has 0 spiro atoms. The molecule has 0 fully saturated rings. The van der Waals surface area contributed by atoms with Gasteiger partial charge in [-0.1, -0.05) is 0 Å². The van der Waals surface area contributed by atoms with Crippen molar-refractivity contribution in [2.75, 3.05) is 0 Å². The first-order valence-corrected chi connectivity index (χ1v) is 2.56. The molecule has 0 aliphatic heterocycles. The number of allylic oxidation sites excluding steroid dienone is 1. The highest BCUT2D eigenvalue weighted by Crippen LogP contribution is 2.08. The summed E-state index contributed by atoms with van der Waals surface area (Å²) in [6.45, 7) is 4.66. The molecule has 0 radical (unpaired) electrons. The number of hydrogen-bond donors (Lipinski definition) is 1. The van der Waals surface area contributed by atoms with Crippen molar-refractivity contribution in [3.63, 3.8) is 0 Å². The van der Waals surface area contributed by atoms with Crippen molar-refractivity contribution in [1.29, 1.82) is 0 Å². The second-order valence-corrected chi connectivity index (χ2v) is 2.02. The Hall–Kier alpha value is -0.370. The van der Waals surface area contributed by atoms with Crippen LogP contribution in [0.4, 0.5) is 4.39 Å². The van der Waals surface area contributed by atoms with Gasteiger partial charge in [-0.25, -0.2) is 4.39 Å². The van der Waals surface area contributed by atoms with Crippen LogP contribution in [0, 0.1) is 0 Å².